The van der Waals surface area contributed by atoms with Crippen molar-refractivity contribution in [1.29, 1.82) is 0 Å². The Morgan fingerprint density at radius 2 is 2.19 bits per heavy atom. The van der Waals surface area contributed by atoms with E-state index in [0.717, 1.165) is 12.1 Å². The number of nitrogens with zero attached hydrogens (tertiary/aromatic N) is 2. The highest BCUT2D eigenvalue weighted by Crippen LogP contribution is 2.23. The average Bonchev–Trinajstić information content (AvgIpc) is 2.92. The smallest absolute Gasteiger partial charge is 0.285 e. The second-order valence-electron chi connectivity index (χ2n) is 4.24. The van der Waals surface area contributed by atoms with E-state index in [9.17, 15) is 22.9 Å². The van der Waals surface area contributed by atoms with E-state index in [1.54, 1.807) is 6.92 Å². The largest absolute Gasteiger partial charge is 0.306 e. The number of aromatic nitrogens is 2. The molecule has 10 heteroatoms. The molecule has 2 aromatic rings. The molecule has 2 rings (SSSR count). The maximum Gasteiger partial charge on any atom is 0.306 e. The van der Waals surface area contributed by atoms with Crippen LogP contribution in [0.4, 0.5) is 10.1 Å². The Balaban J connectivity index is 2.32. The molecule has 0 aliphatic heterocycles. The van der Waals surface area contributed by atoms with Gasteiger partial charge in [-0.25, -0.2) is 13.1 Å². The summed E-state index contributed by atoms with van der Waals surface area (Å²) in [5.41, 5.74) is -0.302. The van der Waals surface area contributed by atoms with Gasteiger partial charge in [-0.05, 0) is 19.1 Å². The standard InChI is InChI=1S/C11H11FN4O4S/c1-7(8-5-13-14-6-8)15-21(19,20)9-2-3-10(12)11(4-9)16(17)18/h2-7,15H,1H3,(H,13,14). The van der Waals surface area contributed by atoms with Gasteiger partial charge in [0.05, 0.1) is 16.0 Å². The van der Waals surface area contributed by atoms with Crippen molar-refractivity contribution in [2.24, 2.45) is 0 Å². The first-order chi connectivity index (χ1) is 9.81. The number of halogens is 1. The van der Waals surface area contributed by atoms with Crippen LogP contribution in [0.25, 0.3) is 0 Å². The van der Waals surface area contributed by atoms with Crippen molar-refractivity contribution in [2.75, 3.05) is 0 Å². The Kier molecular flexibility index (Phi) is 4.00. The lowest BCUT2D eigenvalue weighted by Gasteiger charge is -2.12. The lowest BCUT2D eigenvalue weighted by Crippen LogP contribution is -2.26. The summed E-state index contributed by atoms with van der Waals surface area (Å²) in [6.07, 6.45) is 2.96. The number of nitro benzene ring substituents is 1. The highest BCUT2D eigenvalue weighted by atomic mass is 32.2. The third kappa shape index (κ3) is 3.23. The molecule has 8 nitrogen and oxygen atoms in total. The molecule has 2 N–H and O–H groups in total. The number of sulfonamides is 1. The first kappa shape index (κ1) is 15.1. The van der Waals surface area contributed by atoms with Gasteiger partial charge in [0.15, 0.2) is 0 Å². The maximum absolute atomic E-state index is 13.2. The van der Waals surface area contributed by atoms with Crippen molar-refractivity contribution < 1.29 is 17.7 Å². The van der Waals surface area contributed by atoms with Gasteiger partial charge in [-0.2, -0.15) is 9.49 Å². The van der Waals surface area contributed by atoms with Crippen molar-refractivity contribution in [3.05, 3.63) is 52.1 Å². The first-order valence-electron chi connectivity index (χ1n) is 5.76. The molecule has 0 saturated heterocycles. The Morgan fingerprint density at radius 1 is 1.48 bits per heavy atom. The van der Waals surface area contributed by atoms with E-state index < -0.39 is 32.5 Å². The maximum atomic E-state index is 13.2. The summed E-state index contributed by atoms with van der Waals surface area (Å²) in [6.45, 7) is 1.58. The van der Waals surface area contributed by atoms with E-state index >= 15 is 0 Å². The Morgan fingerprint density at radius 3 is 2.76 bits per heavy atom. The summed E-state index contributed by atoms with van der Waals surface area (Å²) in [6, 6.07) is 1.79. The van der Waals surface area contributed by atoms with Crippen molar-refractivity contribution in [3.63, 3.8) is 0 Å². The molecule has 0 radical (unpaired) electrons. The van der Waals surface area contributed by atoms with Crippen LogP contribution in [-0.2, 0) is 10.0 Å². The molecule has 0 aliphatic carbocycles. The van der Waals surface area contributed by atoms with Crippen molar-refractivity contribution in [2.45, 2.75) is 17.9 Å². The molecule has 112 valence electrons. The van der Waals surface area contributed by atoms with Gasteiger partial charge in [-0.15, -0.1) is 0 Å². The van der Waals surface area contributed by atoms with Crippen molar-refractivity contribution in [3.8, 4) is 0 Å². The molecule has 1 unspecified atom stereocenters. The molecule has 1 atom stereocenters. The van der Waals surface area contributed by atoms with Crippen LogP contribution in [0.1, 0.15) is 18.5 Å². The Labute approximate surface area is 119 Å². The molecule has 0 spiro atoms. The van der Waals surface area contributed by atoms with Crippen LogP contribution in [0.2, 0.25) is 0 Å². The molecule has 21 heavy (non-hydrogen) atoms. The molecule has 0 aliphatic rings. The van der Waals surface area contributed by atoms with Crippen LogP contribution in [0.5, 0.6) is 0 Å². The predicted octanol–water partition coefficient (Wildman–Crippen LogP) is 1.50. The van der Waals surface area contributed by atoms with Gasteiger partial charge in [-0.1, -0.05) is 0 Å². The van der Waals surface area contributed by atoms with Crippen LogP contribution < -0.4 is 4.72 Å². The molecule has 0 saturated carbocycles. The fourth-order valence-electron chi connectivity index (χ4n) is 1.67. The summed E-state index contributed by atoms with van der Waals surface area (Å²) in [5.74, 6) is -1.10. The molecule has 1 aromatic heterocycles. The number of rotatable bonds is 5. The molecular weight excluding hydrogens is 303 g/mol. The lowest BCUT2D eigenvalue weighted by atomic mass is 10.2. The zero-order valence-corrected chi connectivity index (χ0v) is 11.6. The Bertz CT molecular complexity index is 761. The summed E-state index contributed by atoms with van der Waals surface area (Å²) in [7, 11) is -4.02. The van der Waals surface area contributed by atoms with E-state index in [0.29, 0.717) is 11.6 Å². The molecule has 0 bridgehead atoms. The number of hydrogen-bond donors (Lipinski definition) is 2. The number of aromatic amines is 1. The molecule has 1 aromatic carbocycles. The quantitative estimate of drug-likeness (QED) is 0.640. The third-order valence-electron chi connectivity index (χ3n) is 2.78. The minimum Gasteiger partial charge on any atom is -0.285 e. The average molecular weight is 314 g/mol. The minimum absolute atomic E-state index is 0.383. The lowest BCUT2D eigenvalue weighted by molar-refractivity contribution is -0.387. The van der Waals surface area contributed by atoms with Crippen LogP contribution in [0.3, 0.4) is 0 Å². The summed E-state index contributed by atoms with van der Waals surface area (Å²) >= 11 is 0. The van der Waals surface area contributed by atoms with E-state index in [2.05, 4.69) is 14.9 Å². The molecule has 0 amide bonds. The summed E-state index contributed by atoms with van der Waals surface area (Å²) < 4.78 is 39.8. The van der Waals surface area contributed by atoms with Gasteiger partial charge in [0.1, 0.15) is 0 Å². The minimum atomic E-state index is -4.02. The highest BCUT2D eigenvalue weighted by molar-refractivity contribution is 7.89. The number of benzene rings is 1. The molecular formula is C11H11FN4O4S. The summed E-state index contributed by atoms with van der Waals surface area (Å²) in [4.78, 5) is 9.29. The fourth-order valence-corrected chi connectivity index (χ4v) is 2.92. The number of nitro groups is 1. The third-order valence-corrected chi connectivity index (χ3v) is 4.31. The predicted molar refractivity (Wildman–Crippen MR) is 70.4 cm³/mol. The number of nitrogens with one attached hydrogen (secondary N) is 2. The zero-order chi connectivity index (χ0) is 15.6. The monoisotopic (exact) mass is 314 g/mol. The first-order valence-corrected chi connectivity index (χ1v) is 7.24. The zero-order valence-electron chi connectivity index (χ0n) is 10.8. The number of hydrogen-bond acceptors (Lipinski definition) is 5. The number of H-pyrrole nitrogens is 1. The van der Waals surface area contributed by atoms with E-state index in [-0.39, 0.29) is 4.90 Å². The summed E-state index contributed by atoms with van der Waals surface area (Å²) in [5, 5.41) is 16.9. The van der Waals surface area contributed by atoms with Crippen LogP contribution in [-0.4, -0.2) is 23.5 Å². The van der Waals surface area contributed by atoms with Crippen LogP contribution in [0, 0.1) is 15.9 Å². The van der Waals surface area contributed by atoms with Gasteiger partial charge < -0.3 is 0 Å². The van der Waals surface area contributed by atoms with E-state index in [1.807, 2.05) is 0 Å². The van der Waals surface area contributed by atoms with Crippen molar-refractivity contribution in [1.82, 2.24) is 14.9 Å². The van der Waals surface area contributed by atoms with Gasteiger partial charge in [0.2, 0.25) is 15.8 Å². The fraction of sp³-hybridized carbons (Fsp3) is 0.182. The van der Waals surface area contributed by atoms with Crippen molar-refractivity contribution >= 4 is 15.7 Å². The second kappa shape index (κ2) is 5.58. The van der Waals surface area contributed by atoms with Gasteiger partial charge >= 0.3 is 5.69 Å². The normalized spacial score (nSPS) is 13.0. The highest BCUT2D eigenvalue weighted by Gasteiger charge is 2.23. The molecule has 1 heterocycles. The van der Waals surface area contributed by atoms with Gasteiger partial charge in [-0.3, -0.25) is 15.2 Å². The topological polar surface area (TPSA) is 118 Å². The Hall–Kier alpha value is -2.33. The van der Waals surface area contributed by atoms with E-state index in [4.69, 9.17) is 0 Å². The van der Waals surface area contributed by atoms with Crippen LogP contribution >= 0.6 is 0 Å². The van der Waals surface area contributed by atoms with Gasteiger partial charge in [0, 0.05) is 23.9 Å². The van der Waals surface area contributed by atoms with Gasteiger partial charge in [0.25, 0.3) is 0 Å². The molecule has 0 fully saturated rings. The second-order valence-corrected chi connectivity index (χ2v) is 5.96. The van der Waals surface area contributed by atoms with Crippen LogP contribution in [0.15, 0.2) is 35.5 Å². The SMILES string of the molecule is CC(NS(=O)(=O)c1ccc(F)c([N+](=O)[O-])c1)c1cn[nH]c1. The van der Waals surface area contributed by atoms with E-state index in [1.165, 1.54) is 12.4 Å².